The molecule has 3 heteroatoms. The van der Waals surface area contributed by atoms with Gasteiger partial charge in [-0.05, 0) is 67.8 Å². The summed E-state index contributed by atoms with van der Waals surface area (Å²) in [7, 11) is 0. The number of allylic oxidation sites excluding steroid dienone is 4. The van der Waals surface area contributed by atoms with E-state index in [4.69, 9.17) is 0 Å². The number of hydrogen-bond acceptors (Lipinski definition) is 1. The van der Waals surface area contributed by atoms with Crippen molar-refractivity contribution >= 4 is 5.97 Å². The second-order valence-electron chi connectivity index (χ2n) is 8.54. The number of rotatable bonds is 2. The van der Waals surface area contributed by atoms with Crippen LogP contribution in [0.2, 0.25) is 0 Å². The topological polar surface area (TPSA) is 37.3 Å². The maximum atomic E-state index is 11.9. The van der Waals surface area contributed by atoms with Gasteiger partial charge in [0.25, 0.3) is 0 Å². The van der Waals surface area contributed by atoms with Crippen LogP contribution >= 0.6 is 0 Å². The summed E-state index contributed by atoms with van der Waals surface area (Å²) in [5, 5.41) is 9.83. The molecule has 0 aromatic carbocycles. The minimum Gasteiger partial charge on any atom is -0.481 e. The molecule has 0 aromatic rings. The van der Waals surface area contributed by atoms with Crippen molar-refractivity contribution in [1.29, 1.82) is 0 Å². The number of carboxylic acids is 1. The quantitative estimate of drug-likeness (QED) is 0.635. The summed E-state index contributed by atoms with van der Waals surface area (Å²) in [5.41, 5.74) is 2.69. The number of carbonyl (C=O) groups is 1. The SMILES string of the molecule is CC(C)C1=CC2=CC[C@@H]3[C@](C)(CCC[C@@]3(C)C(=O)O)[C@H]2CC1.[Ag]. The fourth-order valence-corrected chi connectivity index (χ4v) is 5.60. The molecule has 0 aromatic heterocycles. The molecule has 23 heavy (non-hydrogen) atoms. The molecule has 3 aliphatic rings. The maximum Gasteiger partial charge on any atom is 0.309 e. The molecule has 4 atom stereocenters. The van der Waals surface area contributed by atoms with Crippen LogP contribution in [0.25, 0.3) is 0 Å². The molecule has 0 bridgehead atoms. The fraction of sp³-hybridized carbons (Fsp3) is 0.750. The Hall–Kier alpha value is -0.310. The van der Waals surface area contributed by atoms with Gasteiger partial charge in [-0.15, -0.1) is 0 Å². The van der Waals surface area contributed by atoms with Crippen LogP contribution in [0.1, 0.15) is 66.2 Å². The van der Waals surface area contributed by atoms with E-state index in [1.54, 1.807) is 5.57 Å². The molecule has 3 rings (SSSR count). The molecule has 1 N–H and O–H groups in total. The molecular formula is C20H30AgO2. The van der Waals surface area contributed by atoms with E-state index >= 15 is 0 Å². The molecule has 0 spiro atoms. The van der Waals surface area contributed by atoms with Crippen molar-refractivity contribution in [2.45, 2.75) is 66.2 Å². The van der Waals surface area contributed by atoms with Gasteiger partial charge in [0.2, 0.25) is 0 Å². The van der Waals surface area contributed by atoms with Crippen LogP contribution in [-0.2, 0) is 27.2 Å². The first-order valence-electron chi connectivity index (χ1n) is 8.93. The predicted molar refractivity (Wildman–Crippen MR) is 89.5 cm³/mol. The van der Waals surface area contributed by atoms with Gasteiger partial charge in [0, 0.05) is 22.4 Å². The molecular weight excluding hydrogens is 380 g/mol. The zero-order valence-electron chi connectivity index (χ0n) is 14.8. The van der Waals surface area contributed by atoms with E-state index in [9.17, 15) is 9.90 Å². The first kappa shape index (κ1) is 19.0. The van der Waals surface area contributed by atoms with Crippen LogP contribution in [0.5, 0.6) is 0 Å². The summed E-state index contributed by atoms with van der Waals surface area (Å²) in [4.78, 5) is 11.9. The summed E-state index contributed by atoms with van der Waals surface area (Å²) in [6.07, 6.45) is 11.2. The van der Waals surface area contributed by atoms with Crippen LogP contribution in [0.3, 0.4) is 0 Å². The molecule has 0 aliphatic heterocycles. The third-order valence-corrected chi connectivity index (χ3v) is 7.07. The average Bonchev–Trinajstić information content (AvgIpc) is 2.46. The van der Waals surface area contributed by atoms with Gasteiger partial charge in [-0.1, -0.05) is 44.9 Å². The van der Waals surface area contributed by atoms with Crippen molar-refractivity contribution in [2.75, 3.05) is 0 Å². The Morgan fingerprint density at radius 3 is 2.61 bits per heavy atom. The van der Waals surface area contributed by atoms with Crippen molar-refractivity contribution in [3.05, 3.63) is 23.3 Å². The molecule has 3 aliphatic carbocycles. The van der Waals surface area contributed by atoms with Crippen LogP contribution < -0.4 is 0 Å². The van der Waals surface area contributed by atoms with Crippen molar-refractivity contribution in [3.63, 3.8) is 0 Å². The van der Waals surface area contributed by atoms with Gasteiger partial charge in [-0.25, -0.2) is 0 Å². The molecule has 1 saturated carbocycles. The van der Waals surface area contributed by atoms with E-state index in [1.165, 1.54) is 24.8 Å². The minimum absolute atomic E-state index is 0. The Kier molecular flexibility index (Phi) is 5.41. The third-order valence-electron chi connectivity index (χ3n) is 7.07. The van der Waals surface area contributed by atoms with Gasteiger partial charge in [-0.3, -0.25) is 4.79 Å². The number of aliphatic carboxylic acids is 1. The average molecular weight is 410 g/mol. The molecule has 133 valence electrons. The van der Waals surface area contributed by atoms with Gasteiger partial charge in [0.05, 0.1) is 5.41 Å². The van der Waals surface area contributed by atoms with Crippen molar-refractivity contribution in [2.24, 2.45) is 28.6 Å². The molecule has 0 amide bonds. The van der Waals surface area contributed by atoms with Gasteiger partial charge < -0.3 is 5.11 Å². The van der Waals surface area contributed by atoms with Crippen molar-refractivity contribution in [1.82, 2.24) is 0 Å². The fourth-order valence-electron chi connectivity index (χ4n) is 5.60. The number of fused-ring (bicyclic) bond motifs is 3. The summed E-state index contributed by atoms with van der Waals surface area (Å²) in [6, 6.07) is 0. The molecule has 1 fully saturated rings. The van der Waals surface area contributed by atoms with Crippen molar-refractivity contribution in [3.8, 4) is 0 Å². The normalized spacial score (nSPS) is 39.5. The Labute approximate surface area is 156 Å². The standard InChI is InChI=1S/C20H30O2.Ag/c1-13(2)14-6-8-16-15(12-14)7-9-17-19(16,3)10-5-11-20(17,4)18(21)22;/h7,12-13,16-17H,5-6,8-11H2,1-4H3,(H,21,22);/t16-,17+,19+,20+;/m0./s1. The van der Waals surface area contributed by atoms with E-state index in [0.717, 1.165) is 19.3 Å². The van der Waals surface area contributed by atoms with Crippen LogP contribution in [0.15, 0.2) is 23.3 Å². The van der Waals surface area contributed by atoms with Crippen molar-refractivity contribution < 1.29 is 32.3 Å². The van der Waals surface area contributed by atoms with Gasteiger partial charge >= 0.3 is 5.97 Å². The number of carboxylic acid groups (broad SMARTS) is 1. The Morgan fingerprint density at radius 1 is 1.30 bits per heavy atom. The summed E-state index contributed by atoms with van der Waals surface area (Å²) in [6.45, 7) is 8.93. The first-order valence-corrected chi connectivity index (χ1v) is 8.93. The van der Waals surface area contributed by atoms with E-state index in [1.807, 2.05) is 6.92 Å². The molecule has 2 nitrogen and oxygen atoms in total. The Bertz CT molecular complexity index is 548. The molecule has 0 heterocycles. The third kappa shape index (κ3) is 2.92. The van der Waals surface area contributed by atoms with Crippen LogP contribution in [-0.4, -0.2) is 11.1 Å². The maximum absolute atomic E-state index is 11.9. The van der Waals surface area contributed by atoms with Gasteiger partial charge in [-0.2, -0.15) is 0 Å². The Balaban J connectivity index is 0.00000192. The van der Waals surface area contributed by atoms with E-state index in [-0.39, 0.29) is 33.7 Å². The van der Waals surface area contributed by atoms with Crippen LogP contribution in [0.4, 0.5) is 0 Å². The minimum atomic E-state index is -0.588. The summed E-state index contributed by atoms with van der Waals surface area (Å²) < 4.78 is 0. The molecule has 0 saturated heterocycles. The van der Waals surface area contributed by atoms with Gasteiger partial charge in [0.15, 0.2) is 0 Å². The van der Waals surface area contributed by atoms with E-state index in [2.05, 4.69) is 32.9 Å². The van der Waals surface area contributed by atoms with E-state index in [0.29, 0.717) is 11.8 Å². The van der Waals surface area contributed by atoms with E-state index < -0.39 is 11.4 Å². The zero-order valence-corrected chi connectivity index (χ0v) is 16.3. The summed E-state index contributed by atoms with van der Waals surface area (Å²) >= 11 is 0. The second-order valence-corrected chi connectivity index (χ2v) is 8.54. The van der Waals surface area contributed by atoms with Crippen LogP contribution in [0, 0.1) is 28.6 Å². The number of hydrogen-bond donors (Lipinski definition) is 1. The zero-order chi connectivity index (χ0) is 16.1. The molecule has 1 radical (unpaired) electrons. The Morgan fingerprint density at radius 2 is 2.00 bits per heavy atom. The smallest absolute Gasteiger partial charge is 0.309 e. The second kappa shape index (κ2) is 6.54. The largest absolute Gasteiger partial charge is 0.481 e. The molecule has 0 unspecified atom stereocenters. The monoisotopic (exact) mass is 409 g/mol. The first-order chi connectivity index (χ1) is 10.3. The predicted octanol–water partition coefficient (Wildman–Crippen LogP) is 5.20. The van der Waals surface area contributed by atoms with Gasteiger partial charge in [0.1, 0.15) is 0 Å². The summed E-state index contributed by atoms with van der Waals surface area (Å²) in [5.74, 6) is 0.888.